The number of aryl methyl sites for hydroxylation is 1. The average Bonchev–Trinajstić information content (AvgIpc) is 2.57. The van der Waals surface area contributed by atoms with Gasteiger partial charge in [-0.2, -0.15) is 0 Å². The zero-order chi connectivity index (χ0) is 11.4. The van der Waals surface area contributed by atoms with Crippen molar-refractivity contribution in [3.05, 3.63) is 47.5 Å². The minimum Gasteiger partial charge on any atom is -0.388 e. The first-order valence-electron chi connectivity index (χ1n) is 6.18. The summed E-state index contributed by atoms with van der Waals surface area (Å²) in [4.78, 5) is 0. The third-order valence-electron chi connectivity index (χ3n) is 3.37. The van der Waals surface area contributed by atoms with Crippen molar-refractivity contribution >= 4 is 0 Å². The van der Waals surface area contributed by atoms with Crippen molar-refractivity contribution in [2.24, 2.45) is 5.92 Å². The van der Waals surface area contributed by atoms with Crippen LogP contribution in [0.3, 0.4) is 0 Å². The predicted molar refractivity (Wildman–Crippen MR) is 67.2 cm³/mol. The fourth-order valence-electron chi connectivity index (χ4n) is 2.28. The van der Waals surface area contributed by atoms with Gasteiger partial charge in [0.25, 0.3) is 0 Å². The Morgan fingerprint density at radius 2 is 1.94 bits per heavy atom. The van der Waals surface area contributed by atoms with Gasteiger partial charge in [-0.25, -0.2) is 0 Å². The second-order valence-corrected chi connectivity index (χ2v) is 4.73. The Balaban J connectivity index is 2.11. The first kappa shape index (κ1) is 11.4. The van der Waals surface area contributed by atoms with Gasteiger partial charge in [0.15, 0.2) is 0 Å². The highest BCUT2D eigenvalue weighted by molar-refractivity contribution is 5.24. The summed E-state index contributed by atoms with van der Waals surface area (Å²) in [6.45, 7) is 2.07. The number of hydrogen-bond acceptors (Lipinski definition) is 1. The van der Waals surface area contributed by atoms with Gasteiger partial charge in [0.05, 0.1) is 6.10 Å². The van der Waals surface area contributed by atoms with Crippen molar-refractivity contribution in [2.75, 3.05) is 0 Å². The molecule has 1 aliphatic carbocycles. The molecule has 0 unspecified atom stereocenters. The number of hydrogen-bond donors (Lipinski definition) is 1. The lowest BCUT2D eigenvalue weighted by Gasteiger charge is -2.19. The Hall–Kier alpha value is -1.08. The summed E-state index contributed by atoms with van der Waals surface area (Å²) in [6, 6.07) is 8.22. The van der Waals surface area contributed by atoms with Crippen molar-refractivity contribution in [3.8, 4) is 0 Å². The molecule has 0 aliphatic heterocycles. The van der Waals surface area contributed by atoms with E-state index in [9.17, 15) is 5.11 Å². The lowest BCUT2D eigenvalue weighted by molar-refractivity contribution is 0.126. The smallest absolute Gasteiger partial charge is 0.0852 e. The first-order valence-corrected chi connectivity index (χ1v) is 6.18. The van der Waals surface area contributed by atoms with Crippen LogP contribution < -0.4 is 0 Å². The number of rotatable bonds is 2. The molecule has 2 atom stereocenters. The second-order valence-electron chi connectivity index (χ2n) is 4.73. The quantitative estimate of drug-likeness (QED) is 0.746. The third-order valence-corrected chi connectivity index (χ3v) is 3.37. The van der Waals surface area contributed by atoms with E-state index in [1.54, 1.807) is 0 Å². The molecule has 1 N–H and O–H groups in total. The molecule has 16 heavy (non-hydrogen) atoms. The zero-order valence-corrected chi connectivity index (χ0v) is 9.89. The Bertz CT molecular complexity index is 350. The topological polar surface area (TPSA) is 20.2 Å². The van der Waals surface area contributed by atoms with Gasteiger partial charge in [-0.1, -0.05) is 48.4 Å². The second kappa shape index (κ2) is 5.31. The summed E-state index contributed by atoms with van der Waals surface area (Å²) in [5, 5.41) is 10.3. The van der Waals surface area contributed by atoms with E-state index < -0.39 is 0 Å². The van der Waals surface area contributed by atoms with Gasteiger partial charge in [-0.05, 0) is 31.7 Å². The van der Waals surface area contributed by atoms with E-state index in [1.165, 1.54) is 18.4 Å². The lowest BCUT2D eigenvalue weighted by Crippen LogP contribution is -2.09. The minimum absolute atomic E-state index is 0.296. The van der Waals surface area contributed by atoms with Gasteiger partial charge in [-0.15, -0.1) is 0 Å². The van der Waals surface area contributed by atoms with Gasteiger partial charge in [0, 0.05) is 5.92 Å². The summed E-state index contributed by atoms with van der Waals surface area (Å²) < 4.78 is 0. The molecule has 0 bridgehead atoms. The van der Waals surface area contributed by atoms with E-state index in [2.05, 4.69) is 31.2 Å². The van der Waals surface area contributed by atoms with Gasteiger partial charge in [-0.3, -0.25) is 0 Å². The molecule has 1 heteroatoms. The molecular weight excluding hydrogens is 196 g/mol. The van der Waals surface area contributed by atoms with Crippen LogP contribution in [0.15, 0.2) is 36.4 Å². The molecule has 2 rings (SSSR count). The molecule has 1 nitrogen and oxygen atoms in total. The van der Waals surface area contributed by atoms with E-state index in [0.29, 0.717) is 5.92 Å². The van der Waals surface area contributed by atoms with Crippen LogP contribution in [0.1, 0.15) is 42.9 Å². The zero-order valence-electron chi connectivity index (χ0n) is 9.89. The summed E-state index contributed by atoms with van der Waals surface area (Å²) in [7, 11) is 0. The SMILES string of the molecule is Cc1ccc([C@@H](O)[C@@H]2C=CCCCC2)cc1. The standard InChI is InChI=1S/C15H20O/c1-12-8-10-14(11-9-12)15(16)13-6-4-2-3-5-7-13/h4,6,8-11,13,15-16H,2-3,5,7H2,1H3/t13-,15+/m1/s1. The molecule has 0 fully saturated rings. The molecular formula is C15H20O. The number of aliphatic hydroxyl groups excluding tert-OH is 1. The maximum Gasteiger partial charge on any atom is 0.0852 e. The van der Waals surface area contributed by atoms with Crippen LogP contribution in [-0.2, 0) is 0 Å². The largest absolute Gasteiger partial charge is 0.388 e. The summed E-state index contributed by atoms with van der Waals surface area (Å²) in [6.07, 6.45) is 8.82. The van der Waals surface area contributed by atoms with E-state index >= 15 is 0 Å². The molecule has 1 aromatic carbocycles. The van der Waals surface area contributed by atoms with Crippen LogP contribution in [0.2, 0.25) is 0 Å². The van der Waals surface area contributed by atoms with Crippen molar-refractivity contribution in [2.45, 2.75) is 38.7 Å². The number of benzene rings is 1. The van der Waals surface area contributed by atoms with Crippen LogP contribution >= 0.6 is 0 Å². The number of aliphatic hydroxyl groups is 1. The van der Waals surface area contributed by atoms with Crippen LogP contribution in [0.4, 0.5) is 0 Å². The summed E-state index contributed by atoms with van der Waals surface area (Å²) in [5.41, 5.74) is 2.29. The minimum atomic E-state index is -0.338. The van der Waals surface area contributed by atoms with Gasteiger partial charge < -0.3 is 5.11 Å². The maximum absolute atomic E-state index is 10.3. The van der Waals surface area contributed by atoms with Crippen molar-refractivity contribution in [3.63, 3.8) is 0 Å². The fraction of sp³-hybridized carbons (Fsp3) is 0.467. The average molecular weight is 216 g/mol. The van der Waals surface area contributed by atoms with E-state index in [0.717, 1.165) is 18.4 Å². The van der Waals surface area contributed by atoms with E-state index in [1.807, 2.05) is 12.1 Å². The molecule has 0 radical (unpaired) electrons. The van der Waals surface area contributed by atoms with Crippen LogP contribution in [0.25, 0.3) is 0 Å². The normalized spacial score (nSPS) is 22.8. The van der Waals surface area contributed by atoms with Crippen molar-refractivity contribution in [1.82, 2.24) is 0 Å². The van der Waals surface area contributed by atoms with Crippen LogP contribution in [-0.4, -0.2) is 5.11 Å². The maximum atomic E-state index is 10.3. The van der Waals surface area contributed by atoms with Crippen LogP contribution in [0, 0.1) is 12.8 Å². The molecule has 0 spiro atoms. The van der Waals surface area contributed by atoms with Crippen molar-refractivity contribution < 1.29 is 5.11 Å². The highest BCUT2D eigenvalue weighted by Crippen LogP contribution is 2.29. The van der Waals surface area contributed by atoms with Crippen molar-refractivity contribution in [1.29, 1.82) is 0 Å². The van der Waals surface area contributed by atoms with Gasteiger partial charge in [0.1, 0.15) is 0 Å². The van der Waals surface area contributed by atoms with E-state index in [4.69, 9.17) is 0 Å². The monoisotopic (exact) mass is 216 g/mol. The highest BCUT2D eigenvalue weighted by Gasteiger charge is 2.18. The summed E-state index contributed by atoms with van der Waals surface area (Å²) in [5.74, 6) is 0.296. The Kier molecular flexibility index (Phi) is 3.79. The van der Waals surface area contributed by atoms with Gasteiger partial charge in [0.2, 0.25) is 0 Å². The fourth-order valence-corrected chi connectivity index (χ4v) is 2.28. The molecule has 0 saturated carbocycles. The lowest BCUT2D eigenvalue weighted by atomic mass is 9.92. The van der Waals surface area contributed by atoms with Crippen LogP contribution in [0.5, 0.6) is 0 Å². The predicted octanol–water partition coefficient (Wildman–Crippen LogP) is 3.77. The third kappa shape index (κ3) is 2.73. The van der Waals surface area contributed by atoms with E-state index in [-0.39, 0.29) is 6.10 Å². The molecule has 0 saturated heterocycles. The molecule has 86 valence electrons. The Morgan fingerprint density at radius 1 is 1.19 bits per heavy atom. The Morgan fingerprint density at radius 3 is 2.69 bits per heavy atom. The Labute approximate surface area is 97.8 Å². The molecule has 0 heterocycles. The molecule has 0 amide bonds. The highest BCUT2D eigenvalue weighted by atomic mass is 16.3. The first-order chi connectivity index (χ1) is 7.77. The molecule has 0 aromatic heterocycles. The number of allylic oxidation sites excluding steroid dienone is 1. The van der Waals surface area contributed by atoms with Gasteiger partial charge >= 0.3 is 0 Å². The summed E-state index contributed by atoms with van der Waals surface area (Å²) >= 11 is 0. The molecule has 1 aromatic rings. The molecule has 1 aliphatic rings.